The highest BCUT2D eigenvalue weighted by atomic mass is 127. The molecule has 1 N–H and O–H groups in total. The molecule has 23 heavy (non-hydrogen) atoms. The molecule has 1 aromatic heterocycles. The minimum absolute atomic E-state index is 0.120. The van der Waals surface area contributed by atoms with Crippen molar-refractivity contribution in [2.45, 2.75) is 13.0 Å². The number of halogens is 1. The van der Waals surface area contributed by atoms with Crippen molar-refractivity contribution in [1.82, 2.24) is 4.98 Å². The summed E-state index contributed by atoms with van der Waals surface area (Å²) in [5, 5.41) is 0. The predicted molar refractivity (Wildman–Crippen MR) is 99.8 cm³/mol. The van der Waals surface area contributed by atoms with Crippen molar-refractivity contribution >= 4 is 22.6 Å². The molecule has 1 heterocycles. The molecule has 0 aliphatic heterocycles. The molecule has 0 radical (unpaired) electrons. The SMILES string of the molecule is O=c1[nH]cc(Cc2ccccc2)c(OCc2ccccc2)c1I. The van der Waals surface area contributed by atoms with E-state index in [1.54, 1.807) is 6.20 Å². The summed E-state index contributed by atoms with van der Waals surface area (Å²) in [6.45, 7) is 0.447. The van der Waals surface area contributed by atoms with Crippen LogP contribution in [0.5, 0.6) is 5.75 Å². The molecule has 3 aromatic rings. The molecule has 0 aliphatic rings. The van der Waals surface area contributed by atoms with Gasteiger partial charge in [0.25, 0.3) is 5.56 Å². The fraction of sp³-hybridized carbons (Fsp3) is 0.105. The highest BCUT2D eigenvalue weighted by molar-refractivity contribution is 14.1. The number of aromatic amines is 1. The summed E-state index contributed by atoms with van der Waals surface area (Å²) < 4.78 is 6.57. The van der Waals surface area contributed by atoms with E-state index in [4.69, 9.17) is 4.74 Å². The Kier molecular flexibility index (Phi) is 5.12. The summed E-state index contributed by atoms with van der Waals surface area (Å²) in [5.41, 5.74) is 3.12. The topological polar surface area (TPSA) is 42.1 Å². The molecule has 3 rings (SSSR count). The molecule has 0 amide bonds. The molecule has 0 unspecified atom stereocenters. The lowest BCUT2D eigenvalue weighted by atomic mass is 10.1. The third-order valence-corrected chi connectivity index (χ3v) is 4.51. The highest BCUT2D eigenvalue weighted by Crippen LogP contribution is 2.25. The minimum atomic E-state index is -0.120. The van der Waals surface area contributed by atoms with Crippen LogP contribution in [0.3, 0.4) is 0 Å². The van der Waals surface area contributed by atoms with E-state index >= 15 is 0 Å². The Morgan fingerprint density at radius 2 is 1.52 bits per heavy atom. The molecular weight excluding hydrogens is 401 g/mol. The Morgan fingerprint density at radius 3 is 2.17 bits per heavy atom. The number of rotatable bonds is 5. The first-order valence-electron chi connectivity index (χ1n) is 7.35. The van der Waals surface area contributed by atoms with Crippen LogP contribution in [-0.4, -0.2) is 4.98 Å². The van der Waals surface area contributed by atoms with Gasteiger partial charge in [-0.2, -0.15) is 0 Å². The van der Waals surface area contributed by atoms with Gasteiger partial charge in [-0.15, -0.1) is 0 Å². The summed E-state index contributed by atoms with van der Waals surface area (Å²) in [7, 11) is 0. The van der Waals surface area contributed by atoms with E-state index in [0.717, 1.165) is 17.5 Å². The van der Waals surface area contributed by atoms with Crippen LogP contribution in [0.15, 0.2) is 71.7 Å². The maximum Gasteiger partial charge on any atom is 0.265 e. The fourth-order valence-electron chi connectivity index (χ4n) is 2.36. The van der Waals surface area contributed by atoms with Gasteiger partial charge in [0.2, 0.25) is 0 Å². The Balaban J connectivity index is 1.88. The highest BCUT2D eigenvalue weighted by Gasteiger charge is 2.13. The van der Waals surface area contributed by atoms with E-state index in [1.807, 2.05) is 71.1 Å². The van der Waals surface area contributed by atoms with Crippen molar-refractivity contribution < 1.29 is 4.74 Å². The number of ether oxygens (including phenoxy) is 1. The lowest BCUT2D eigenvalue weighted by molar-refractivity contribution is 0.300. The van der Waals surface area contributed by atoms with Crippen molar-refractivity contribution in [3.63, 3.8) is 0 Å². The average molecular weight is 417 g/mol. The standard InChI is InChI=1S/C19H16INO2/c20-17-18(23-13-15-9-5-2-6-10-15)16(12-21-19(17)22)11-14-7-3-1-4-8-14/h1-10,12H,11,13H2,(H,21,22). The number of aromatic nitrogens is 1. The van der Waals surface area contributed by atoms with Gasteiger partial charge in [-0.25, -0.2) is 0 Å². The molecule has 0 saturated carbocycles. The number of hydrogen-bond donors (Lipinski definition) is 1. The summed E-state index contributed by atoms with van der Waals surface area (Å²) >= 11 is 2.05. The van der Waals surface area contributed by atoms with E-state index in [0.29, 0.717) is 15.9 Å². The van der Waals surface area contributed by atoms with Crippen molar-refractivity contribution in [2.24, 2.45) is 0 Å². The van der Waals surface area contributed by atoms with Gasteiger partial charge in [-0.1, -0.05) is 60.7 Å². The molecule has 0 aliphatic carbocycles. The Morgan fingerprint density at radius 1 is 0.913 bits per heavy atom. The summed E-state index contributed by atoms with van der Waals surface area (Å²) in [6.07, 6.45) is 2.47. The third kappa shape index (κ3) is 4.01. The second-order valence-corrected chi connectivity index (χ2v) is 6.30. The quantitative estimate of drug-likeness (QED) is 0.634. The van der Waals surface area contributed by atoms with Gasteiger partial charge in [0.1, 0.15) is 15.9 Å². The lowest BCUT2D eigenvalue weighted by Gasteiger charge is -2.13. The number of benzene rings is 2. The van der Waals surface area contributed by atoms with E-state index in [2.05, 4.69) is 17.1 Å². The van der Waals surface area contributed by atoms with E-state index in [9.17, 15) is 4.79 Å². The molecule has 0 spiro atoms. The maximum absolute atomic E-state index is 11.9. The molecule has 0 bridgehead atoms. The Labute approximate surface area is 148 Å². The number of pyridine rings is 1. The van der Waals surface area contributed by atoms with E-state index < -0.39 is 0 Å². The van der Waals surface area contributed by atoms with Crippen LogP contribution in [0.1, 0.15) is 16.7 Å². The first kappa shape index (κ1) is 15.8. The number of hydrogen-bond acceptors (Lipinski definition) is 2. The fourth-order valence-corrected chi connectivity index (χ4v) is 3.02. The zero-order valence-corrected chi connectivity index (χ0v) is 14.6. The Hall–Kier alpha value is -2.08. The van der Waals surface area contributed by atoms with Gasteiger partial charge in [0.15, 0.2) is 0 Å². The van der Waals surface area contributed by atoms with Crippen molar-refractivity contribution in [1.29, 1.82) is 0 Å². The second kappa shape index (κ2) is 7.46. The Bertz CT molecular complexity index is 829. The van der Waals surface area contributed by atoms with Crippen LogP contribution in [0.2, 0.25) is 0 Å². The number of nitrogens with one attached hydrogen (secondary N) is 1. The van der Waals surface area contributed by atoms with Gasteiger partial charge in [0.05, 0.1) is 0 Å². The van der Waals surface area contributed by atoms with Crippen molar-refractivity contribution in [3.8, 4) is 5.75 Å². The van der Waals surface area contributed by atoms with E-state index in [-0.39, 0.29) is 5.56 Å². The summed E-state index contributed by atoms with van der Waals surface area (Å²) in [6, 6.07) is 20.1. The van der Waals surface area contributed by atoms with Gasteiger partial charge in [-0.3, -0.25) is 4.79 Å². The zero-order valence-electron chi connectivity index (χ0n) is 12.5. The molecule has 0 fully saturated rings. The van der Waals surface area contributed by atoms with Crippen LogP contribution < -0.4 is 10.3 Å². The van der Waals surface area contributed by atoms with Crippen LogP contribution in [-0.2, 0) is 13.0 Å². The van der Waals surface area contributed by atoms with Crippen LogP contribution in [0.4, 0.5) is 0 Å². The predicted octanol–water partition coefficient (Wildman–Crippen LogP) is 4.15. The van der Waals surface area contributed by atoms with Crippen LogP contribution >= 0.6 is 22.6 Å². The number of H-pyrrole nitrogens is 1. The molecule has 116 valence electrons. The average Bonchev–Trinajstić information content (AvgIpc) is 2.60. The van der Waals surface area contributed by atoms with Crippen LogP contribution in [0.25, 0.3) is 0 Å². The lowest BCUT2D eigenvalue weighted by Crippen LogP contribution is -2.14. The first-order valence-corrected chi connectivity index (χ1v) is 8.42. The molecule has 2 aromatic carbocycles. The summed E-state index contributed by atoms with van der Waals surface area (Å²) in [5.74, 6) is 0.669. The minimum Gasteiger partial charge on any atom is -0.487 e. The van der Waals surface area contributed by atoms with Crippen molar-refractivity contribution in [3.05, 3.63) is 97.5 Å². The molecule has 0 atom stereocenters. The maximum atomic E-state index is 11.9. The van der Waals surface area contributed by atoms with Gasteiger partial charge < -0.3 is 9.72 Å². The zero-order chi connectivity index (χ0) is 16.1. The molecule has 4 heteroatoms. The molecule has 0 saturated heterocycles. The normalized spacial score (nSPS) is 10.5. The molecular formula is C19H16INO2. The van der Waals surface area contributed by atoms with Crippen molar-refractivity contribution in [2.75, 3.05) is 0 Å². The van der Waals surface area contributed by atoms with E-state index in [1.165, 1.54) is 5.56 Å². The largest absolute Gasteiger partial charge is 0.487 e. The van der Waals surface area contributed by atoms with Crippen LogP contribution in [0, 0.1) is 3.57 Å². The summed E-state index contributed by atoms with van der Waals surface area (Å²) in [4.78, 5) is 14.7. The van der Waals surface area contributed by atoms with Gasteiger partial charge in [-0.05, 0) is 33.7 Å². The monoisotopic (exact) mass is 417 g/mol. The smallest absolute Gasteiger partial charge is 0.265 e. The van der Waals surface area contributed by atoms with Gasteiger partial charge in [0, 0.05) is 18.2 Å². The molecule has 3 nitrogen and oxygen atoms in total. The van der Waals surface area contributed by atoms with Gasteiger partial charge >= 0.3 is 0 Å². The second-order valence-electron chi connectivity index (χ2n) is 5.22. The third-order valence-electron chi connectivity index (χ3n) is 3.53. The first-order chi connectivity index (χ1) is 11.2.